The van der Waals surface area contributed by atoms with Crippen molar-refractivity contribution in [2.24, 2.45) is 5.14 Å². The van der Waals surface area contributed by atoms with E-state index in [0.717, 1.165) is 29.7 Å². The lowest BCUT2D eigenvalue weighted by Gasteiger charge is -2.25. The first-order chi connectivity index (χ1) is 12.3. The minimum atomic E-state index is -3.82. The van der Waals surface area contributed by atoms with Gasteiger partial charge in [0.2, 0.25) is 10.0 Å². The van der Waals surface area contributed by atoms with Gasteiger partial charge in [0.25, 0.3) is 5.91 Å². The third kappa shape index (κ3) is 4.50. The Bertz CT molecular complexity index is 872. The first-order valence-electron chi connectivity index (χ1n) is 8.42. The summed E-state index contributed by atoms with van der Waals surface area (Å²) in [5, 5.41) is 5.21. The second kappa shape index (κ2) is 7.87. The summed E-state index contributed by atoms with van der Waals surface area (Å²) < 4.78 is 28.9. The molecule has 1 fully saturated rings. The maximum absolute atomic E-state index is 13.1. The molecule has 8 heteroatoms. The summed E-state index contributed by atoms with van der Waals surface area (Å²) in [6.45, 7) is 3.37. The average molecular weight is 395 g/mol. The SMILES string of the molecule is Cc1sc(S(N)(=O)=O)cc1C(=O)N(Cc1ccccc1)CC1CCCO1. The van der Waals surface area contributed by atoms with E-state index in [0.29, 0.717) is 30.1 Å². The summed E-state index contributed by atoms with van der Waals surface area (Å²) in [7, 11) is -3.82. The van der Waals surface area contributed by atoms with Crippen LogP contribution in [0.15, 0.2) is 40.6 Å². The summed E-state index contributed by atoms with van der Waals surface area (Å²) in [5.41, 5.74) is 1.39. The molecule has 0 bridgehead atoms. The van der Waals surface area contributed by atoms with Gasteiger partial charge in [-0.3, -0.25) is 4.79 Å². The fraction of sp³-hybridized carbons (Fsp3) is 0.389. The lowest BCUT2D eigenvalue weighted by molar-refractivity contribution is 0.0507. The fourth-order valence-corrected chi connectivity index (χ4v) is 4.89. The Labute approximate surface area is 157 Å². The van der Waals surface area contributed by atoms with Crippen LogP contribution in [0.1, 0.15) is 33.6 Å². The van der Waals surface area contributed by atoms with Gasteiger partial charge in [-0.05, 0) is 31.4 Å². The van der Waals surface area contributed by atoms with Gasteiger partial charge in [0.1, 0.15) is 4.21 Å². The molecule has 2 N–H and O–H groups in total. The number of hydrogen-bond acceptors (Lipinski definition) is 5. The maximum atomic E-state index is 13.1. The highest BCUT2D eigenvalue weighted by Gasteiger charge is 2.27. The van der Waals surface area contributed by atoms with Crippen LogP contribution < -0.4 is 5.14 Å². The Kier molecular flexibility index (Phi) is 5.76. The minimum Gasteiger partial charge on any atom is -0.376 e. The number of nitrogens with two attached hydrogens (primary N) is 1. The predicted molar refractivity (Wildman–Crippen MR) is 101 cm³/mol. The third-order valence-corrected chi connectivity index (χ3v) is 6.83. The summed E-state index contributed by atoms with van der Waals surface area (Å²) >= 11 is 1.02. The molecule has 1 atom stereocenters. The van der Waals surface area contributed by atoms with E-state index < -0.39 is 10.0 Å². The molecule has 3 rings (SSSR count). The van der Waals surface area contributed by atoms with Crippen LogP contribution in [0.2, 0.25) is 0 Å². The molecule has 1 aromatic carbocycles. The van der Waals surface area contributed by atoms with Gasteiger partial charge < -0.3 is 9.64 Å². The fourth-order valence-electron chi connectivity index (χ4n) is 3.03. The van der Waals surface area contributed by atoms with Gasteiger partial charge >= 0.3 is 0 Å². The van der Waals surface area contributed by atoms with Crippen molar-refractivity contribution in [1.29, 1.82) is 0 Å². The van der Waals surface area contributed by atoms with Crippen LogP contribution >= 0.6 is 11.3 Å². The molecule has 1 saturated heterocycles. The number of aryl methyl sites for hydroxylation is 1. The zero-order valence-corrected chi connectivity index (χ0v) is 16.2. The van der Waals surface area contributed by atoms with Crippen LogP contribution in [0.25, 0.3) is 0 Å². The standard InChI is InChI=1S/C18H22N2O4S2/c1-13-16(10-17(25-13)26(19,22)23)18(21)20(12-15-8-5-9-24-15)11-14-6-3-2-4-7-14/h2-4,6-7,10,15H,5,8-9,11-12H2,1H3,(H2,19,22,23). The van der Waals surface area contributed by atoms with E-state index in [4.69, 9.17) is 9.88 Å². The lowest BCUT2D eigenvalue weighted by Crippen LogP contribution is -2.37. The molecule has 0 radical (unpaired) electrons. The largest absolute Gasteiger partial charge is 0.376 e. The van der Waals surface area contributed by atoms with Crippen LogP contribution in [0.4, 0.5) is 0 Å². The monoisotopic (exact) mass is 394 g/mol. The van der Waals surface area contributed by atoms with Crippen LogP contribution in [-0.2, 0) is 21.3 Å². The molecular formula is C18H22N2O4S2. The number of nitrogens with zero attached hydrogens (tertiary/aromatic N) is 1. The zero-order chi connectivity index (χ0) is 18.7. The molecule has 26 heavy (non-hydrogen) atoms. The second-order valence-corrected chi connectivity index (χ2v) is 9.43. The summed E-state index contributed by atoms with van der Waals surface area (Å²) in [4.78, 5) is 15.5. The van der Waals surface area contributed by atoms with Crippen molar-refractivity contribution in [3.05, 3.63) is 52.4 Å². The molecule has 140 valence electrons. The molecule has 6 nitrogen and oxygen atoms in total. The number of primary sulfonamides is 1. The highest BCUT2D eigenvalue weighted by Crippen LogP contribution is 2.27. The van der Waals surface area contributed by atoms with Crippen molar-refractivity contribution in [1.82, 2.24) is 4.90 Å². The average Bonchev–Trinajstić information content (AvgIpc) is 3.24. The van der Waals surface area contributed by atoms with E-state index in [-0.39, 0.29) is 16.2 Å². The highest BCUT2D eigenvalue weighted by molar-refractivity contribution is 7.91. The number of ether oxygens (including phenoxy) is 1. The number of carbonyl (C=O) groups is 1. The van der Waals surface area contributed by atoms with E-state index in [1.54, 1.807) is 11.8 Å². The van der Waals surface area contributed by atoms with E-state index in [1.165, 1.54) is 6.07 Å². The van der Waals surface area contributed by atoms with Crippen molar-refractivity contribution >= 4 is 27.3 Å². The number of benzene rings is 1. The lowest BCUT2D eigenvalue weighted by atomic mass is 10.1. The highest BCUT2D eigenvalue weighted by atomic mass is 32.2. The Morgan fingerprint density at radius 2 is 2.08 bits per heavy atom. The quantitative estimate of drug-likeness (QED) is 0.815. The Morgan fingerprint density at radius 3 is 2.65 bits per heavy atom. The van der Waals surface area contributed by atoms with E-state index in [2.05, 4.69) is 0 Å². The van der Waals surface area contributed by atoms with Gasteiger partial charge in [0.05, 0.1) is 11.7 Å². The molecule has 0 spiro atoms. The maximum Gasteiger partial charge on any atom is 0.255 e. The van der Waals surface area contributed by atoms with E-state index in [1.807, 2.05) is 30.3 Å². The molecular weight excluding hydrogens is 372 g/mol. The zero-order valence-electron chi connectivity index (χ0n) is 14.6. The molecule has 1 unspecified atom stereocenters. The van der Waals surface area contributed by atoms with Gasteiger partial charge in [-0.2, -0.15) is 0 Å². The van der Waals surface area contributed by atoms with Crippen LogP contribution in [0, 0.1) is 6.92 Å². The van der Waals surface area contributed by atoms with Crippen molar-refractivity contribution < 1.29 is 17.9 Å². The second-order valence-electron chi connectivity index (χ2n) is 6.39. The van der Waals surface area contributed by atoms with Crippen molar-refractivity contribution in [2.45, 2.75) is 36.6 Å². The number of rotatable bonds is 6. The Hall–Kier alpha value is -1.74. The summed E-state index contributed by atoms with van der Waals surface area (Å²) in [6.07, 6.45) is 1.92. The molecule has 0 saturated carbocycles. The topological polar surface area (TPSA) is 89.7 Å². The molecule has 2 heterocycles. The third-order valence-electron chi connectivity index (χ3n) is 4.36. The first-order valence-corrected chi connectivity index (χ1v) is 10.8. The summed E-state index contributed by atoms with van der Waals surface area (Å²) in [6, 6.07) is 11.1. The van der Waals surface area contributed by atoms with Crippen molar-refractivity contribution in [3.8, 4) is 0 Å². The van der Waals surface area contributed by atoms with E-state index >= 15 is 0 Å². The van der Waals surface area contributed by atoms with Gasteiger partial charge in [0.15, 0.2) is 0 Å². The molecule has 2 aromatic rings. The smallest absolute Gasteiger partial charge is 0.255 e. The molecule has 1 aliphatic heterocycles. The number of amides is 1. The predicted octanol–water partition coefficient (Wildman–Crippen LogP) is 2.53. The number of sulfonamides is 1. The Balaban J connectivity index is 1.87. The summed E-state index contributed by atoms with van der Waals surface area (Å²) in [5.74, 6) is -0.201. The molecule has 0 aliphatic carbocycles. The molecule has 1 amide bonds. The van der Waals surface area contributed by atoms with Gasteiger partial charge in [-0.15, -0.1) is 11.3 Å². The molecule has 1 aromatic heterocycles. The van der Waals surface area contributed by atoms with Gasteiger partial charge in [0, 0.05) is 24.6 Å². The van der Waals surface area contributed by atoms with E-state index in [9.17, 15) is 13.2 Å². The van der Waals surface area contributed by atoms with Crippen LogP contribution in [0.5, 0.6) is 0 Å². The van der Waals surface area contributed by atoms with Gasteiger partial charge in [-0.25, -0.2) is 13.6 Å². The number of thiophene rings is 1. The molecule has 1 aliphatic rings. The number of carbonyl (C=O) groups excluding carboxylic acids is 1. The Morgan fingerprint density at radius 1 is 1.35 bits per heavy atom. The first kappa shape index (κ1) is 19.0. The van der Waals surface area contributed by atoms with Crippen LogP contribution in [-0.4, -0.2) is 38.5 Å². The van der Waals surface area contributed by atoms with Crippen LogP contribution in [0.3, 0.4) is 0 Å². The minimum absolute atomic E-state index is 0.00938. The van der Waals surface area contributed by atoms with Gasteiger partial charge in [-0.1, -0.05) is 30.3 Å². The van der Waals surface area contributed by atoms with Crippen molar-refractivity contribution in [2.75, 3.05) is 13.2 Å². The normalized spacial score (nSPS) is 17.4. The van der Waals surface area contributed by atoms with Crippen molar-refractivity contribution in [3.63, 3.8) is 0 Å². The number of hydrogen-bond donors (Lipinski definition) is 1.